The molecule has 2 heterocycles. The molecule has 0 saturated heterocycles. The third-order valence-electron chi connectivity index (χ3n) is 4.59. The molecule has 2 aromatic heterocycles. The van der Waals surface area contributed by atoms with Gasteiger partial charge in [-0.05, 0) is 43.2 Å². The maximum Gasteiger partial charge on any atom is 0.281 e. The number of nitrogens with one attached hydrogen (secondary N) is 1. The maximum absolute atomic E-state index is 13.1. The molecule has 0 spiro atoms. The molecule has 1 amide bonds. The molecule has 2 aromatic carbocycles. The molecule has 0 aliphatic rings. The van der Waals surface area contributed by atoms with Crippen molar-refractivity contribution in [2.75, 3.05) is 12.0 Å². The summed E-state index contributed by atoms with van der Waals surface area (Å²) in [6.45, 7) is 3.55. The third-order valence-corrected chi connectivity index (χ3v) is 5.84. The summed E-state index contributed by atoms with van der Waals surface area (Å²) in [5.41, 5.74) is 4.80. The second-order valence-corrected chi connectivity index (χ2v) is 8.37. The number of hydrogen-bond acceptors (Lipinski definition) is 5. The van der Waals surface area contributed by atoms with Crippen LogP contribution in [-0.2, 0) is 4.79 Å². The van der Waals surface area contributed by atoms with Crippen molar-refractivity contribution in [3.8, 4) is 16.9 Å². The number of aromatic nitrogens is 2. The van der Waals surface area contributed by atoms with E-state index in [1.165, 1.54) is 17.7 Å². The second-order valence-electron chi connectivity index (χ2n) is 6.73. The van der Waals surface area contributed by atoms with Gasteiger partial charge in [0.2, 0.25) is 0 Å². The van der Waals surface area contributed by atoms with Crippen LogP contribution >= 0.6 is 22.9 Å². The van der Waals surface area contributed by atoms with E-state index in [1.54, 1.807) is 18.2 Å². The van der Waals surface area contributed by atoms with Gasteiger partial charge in [-0.3, -0.25) is 15.0 Å². The lowest BCUT2D eigenvalue weighted by molar-refractivity contribution is -0.119. The molecule has 0 bridgehead atoms. The second kappa shape index (κ2) is 8.30. The van der Waals surface area contributed by atoms with E-state index in [4.69, 9.17) is 16.3 Å². The molecule has 4 aromatic rings. The van der Waals surface area contributed by atoms with Gasteiger partial charge in [0.15, 0.2) is 6.61 Å². The van der Waals surface area contributed by atoms with Crippen molar-refractivity contribution >= 4 is 39.1 Å². The van der Waals surface area contributed by atoms with Gasteiger partial charge in [0.1, 0.15) is 16.9 Å². The minimum absolute atomic E-state index is 0.249. The summed E-state index contributed by atoms with van der Waals surface area (Å²) in [6, 6.07) is 14.8. The summed E-state index contributed by atoms with van der Waals surface area (Å²) < 4.78 is 6.64. The fraction of sp³-hybridized carbons (Fsp3) is 0.136. The average molecular weight is 440 g/mol. The Kier molecular flexibility index (Phi) is 5.57. The highest BCUT2D eigenvalue weighted by Gasteiger charge is 2.17. The van der Waals surface area contributed by atoms with Gasteiger partial charge in [-0.15, -0.1) is 11.3 Å². The van der Waals surface area contributed by atoms with E-state index < -0.39 is 5.91 Å². The van der Waals surface area contributed by atoms with Gasteiger partial charge in [0.25, 0.3) is 11.5 Å². The lowest BCUT2D eigenvalue weighted by atomic mass is 10.0. The smallest absolute Gasteiger partial charge is 0.281 e. The van der Waals surface area contributed by atoms with Crippen molar-refractivity contribution in [2.24, 2.45) is 0 Å². The van der Waals surface area contributed by atoms with Crippen LogP contribution in [0.4, 0.5) is 0 Å². The van der Waals surface area contributed by atoms with Gasteiger partial charge in [-0.1, -0.05) is 41.9 Å². The summed E-state index contributed by atoms with van der Waals surface area (Å²) in [7, 11) is 0. The number of ether oxygens (including phenoxy) is 1. The molecular formula is C22H18ClN3O3S. The van der Waals surface area contributed by atoms with Crippen LogP contribution in [0.1, 0.15) is 10.4 Å². The number of fused-ring (bicyclic) bond motifs is 1. The number of thiophene rings is 1. The lowest BCUT2D eigenvalue weighted by Gasteiger charge is -2.11. The Bertz CT molecular complexity index is 1300. The van der Waals surface area contributed by atoms with Crippen molar-refractivity contribution in [3.05, 3.63) is 80.7 Å². The molecule has 0 aliphatic carbocycles. The summed E-state index contributed by atoms with van der Waals surface area (Å²) in [5.74, 6) is 0.0797. The molecule has 6 nitrogen and oxygen atoms in total. The predicted octanol–water partition coefficient (Wildman–Crippen LogP) is 4.54. The zero-order valence-electron chi connectivity index (χ0n) is 16.3. The molecule has 0 aliphatic heterocycles. The van der Waals surface area contributed by atoms with Crippen molar-refractivity contribution in [2.45, 2.75) is 13.8 Å². The molecule has 8 heteroatoms. The van der Waals surface area contributed by atoms with Crippen LogP contribution in [0.2, 0.25) is 5.02 Å². The number of halogens is 1. The molecule has 0 unspecified atom stereocenters. The highest BCUT2D eigenvalue weighted by Crippen LogP contribution is 2.35. The minimum atomic E-state index is -0.471. The molecular weight excluding hydrogens is 422 g/mol. The van der Waals surface area contributed by atoms with Crippen molar-refractivity contribution in [3.63, 3.8) is 0 Å². The molecule has 4 rings (SSSR count). The zero-order valence-corrected chi connectivity index (χ0v) is 17.9. The molecule has 152 valence electrons. The van der Waals surface area contributed by atoms with E-state index in [1.807, 2.05) is 44.2 Å². The van der Waals surface area contributed by atoms with Crippen molar-refractivity contribution in [1.82, 2.24) is 9.66 Å². The summed E-state index contributed by atoms with van der Waals surface area (Å²) in [6.07, 6.45) is 1.32. The van der Waals surface area contributed by atoms with Crippen LogP contribution in [0.5, 0.6) is 5.75 Å². The number of amides is 1. The van der Waals surface area contributed by atoms with Gasteiger partial charge in [0.05, 0.1) is 5.39 Å². The molecule has 0 fully saturated rings. The van der Waals surface area contributed by atoms with Crippen LogP contribution in [0, 0.1) is 13.8 Å². The number of rotatable bonds is 5. The first-order valence-corrected chi connectivity index (χ1v) is 10.4. The largest absolute Gasteiger partial charge is 0.483 e. The Hall–Kier alpha value is -3.16. The number of aryl methyl sites for hydroxylation is 2. The summed E-state index contributed by atoms with van der Waals surface area (Å²) in [4.78, 5) is 31.4. The highest BCUT2D eigenvalue weighted by atomic mass is 35.5. The number of benzene rings is 2. The van der Waals surface area contributed by atoms with E-state index in [2.05, 4.69) is 10.4 Å². The Morgan fingerprint density at radius 1 is 1.20 bits per heavy atom. The lowest BCUT2D eigenvalue weighted by Crippen LogP contribution is -2.35. The fourth-order valence-corrected chi connectivity index (χ4v) is 4.45. The Morgan fingerprint density at radius 3 is 2.70 bits per heavy atom. The Morgan fingerprint density at radius 2 is 1.97 bits per heavy atom. The maximum atomic E-state index is 13.1. The van der Waals surface area contributed by atoms with Gasteiger partial charge in [0, 0.05) is 15.5 Å². The number of carbonyl (C=O) groups excluding carboxylic acids is 1. The zero-order chi connectivity index (χ0) is 21.3. The highest BCUT2D eigenvalue weighted by molar-refractivity contribution is 7.19. The molecule has 0 atom stereocenters. The third kappa shape index (κ3) is 3.94. The molecule has 30 heavy (non-hydrogen) atoms. The molecule has 1 N–H and O–H groups in total. The molecule has 0 saturated carbocycles. The molecule has 0 radical (unpaired) electrons. The average Bonchev–Trinajstić information content (AvgIpc) is 3.07. The van der Waals surface area contributed by atoms with Crippen LogP contribution in [0.3, 0.4) is 0 Å². The van der Waals surface area contributed by atoms with Crippen molar-refractivity contribution < 1.29 is 9.53 Å². The van der Waals surface area contributed by atoms with Crippen molar-refractivity contribution in [1.29, 1.82) is 0 Å². The summed E-state index contributed by atoms with van der Waals surface area (Å²) in [5, 5.41) is 1.08. The van der Waals surface area contributed by atoms with Crippen LogP contribution < -0.4 is 15.7 Å². The minimum Gasteiger partial charge on any atom is -0.483 e. The van der Waals surface area contributed by atoms with E-state index in [-0.39, 0.29) is 12.2 Å². The van der Waals surface area contributed by atoms with E-state index in [9.17, 15) is 9.59 Å². The first kappa shape index (κ1) is 20.1. The Labute approximate surface area is 181 Å². The van der Waals surface area contributed by atoms with Crippen LogP contribution in [-0.4, -0.2) is 22.2 Å². The van der Waals surface area contributed by atoms with E-state index in [0.29, 0.717) is 21.0 Å². The van der Waals surface area contributed by atoms with Gasteiger partial charge < -0.3 is 4.74 Å². The number of nitrogens with zero attached hydrogens (tertiary/aromatic N) is 2. The topological polar surface area (TPSA) is 73.2 Å². The fourth-order valence-electron chi connectivity index (χ4n) is 3.22. The first-order valence-electron chi connectivity index (χ1n) is 9.19. The van der Waals surface area contributed by atoms with E-state index in [0.717, 1.165) is 26.2 Å². The predicted molar refractivity (Wildman–Crippen MR) is 120 cm³/mol. The van der Waals surface area contributed by atoms with Gasteiger partial charge >= 0.3 is 0 Å². The SMILES string of the molecule is Cc1cc(Cl)ccc1OCC(=O)Nn1cnc2sc(C)c(-c3ccccc3)c2c1=O. The quantitative estimate of drug-likeness (QED) is 0.495. The normalized spacial score (nSPS) is 10.9. The van der Waals surface area contributed by atoms with E-state index >= 15 is 0 Å². The van der Waals surface area contributed by atoms with Gasteiger partial charge in [-0.2, -0.15) is 0 Å². The monoisotopic (exact) mass is 439 g/mol. The van der Waals surface area contributed by atoms with Crippen LogP contribution in [0.15, 0.2) is 59.7 Å². The number of carbonyl (C=O) groups is 1. The summed E-state index contributed by atoms with van der Waals surface area (Å²) >= 11 is 7.38. The number of hydrogen-bond donors (Lipinski definition) is 1. The first-order chi connectivity index (χ1) is 14.4. The van der Waals surface area contributed by atoms with Gasteiger partial charge in [-0.25, -0.2) is 9.66 Å². The van der Waals surface area contributed by atoms with Crippen LogP contribution in [0.25, 0.3) is 21.3 Å². The standard InChI is InChI=1S/C22H18ClN3O3S/c1-13-10-16(23)8-9-17(13)29-11-18(27)25-26-12-24-21-20(22(26)28)19(14(2)30-21)15-6-4-3-5-7-15/h3-10,12H,11H2,1-2H3,(H,25,27). The Balaban J connectivity index is 1.59.